The van der Waals surface area contributed by atoms with Gasteiger partial charge in [-0.3, -0.25) is 4.79 Å². The number of carbonyl (C=O) groups excluding carboxylic acids is 1. The van der Waals surface area contributed by atoms with Gasteiger partial charge in [-0.1, -0.05) is 18.2 Å². The van der Waals surface area contributed by atoms with E-state index in [2.05, 4.69) is 0 Å². The molecule has 1 saturated heterocycles. The van der Waals surface area contributed by atoms with E-state index < -0.39 is 5.82 Å². The minimum Gasteiger partial charge on any atom is -0.333 e. The summed E-state index contributed by atoms with van der Waals surface area (Å²) >= 11 is 1.29. The predicted molar refractivity (Wildman–Crippen MR) is 119 cm³/mol. The summed E-state index contributed by atoms with van der Waals surface area (Å²) in [7, 11) is 0. The first-order valence-electron chi connectivity index (χ1n) is 10.2. The molecular formula is C25H22F2N2OS. The van der Waals surface area contributed by atoms with Gasteiger partial charge in [0.05, 0.1) is 10.4 Å². The maximum absolute atomic E-state index is 14.3. The van der Waals surface area contributed by atoms with Crippen LogP contribution in [0.3, 0.4) is 0 Å². The lowest BCUT2D eigenvalue weighted by molar-refractivity contribution is 0.0698. The molecule has 1 aliphatic heterocycles. The SMILES string of the molecule is Cc1ccc(-c2sc(C(=O)N3C(C)CCC3C)cc2-c2ccc(C#N)c(F)c2)cc1F. The van der Waals surface area contributed by atoms with Crippen LogP contribution in [0.1, 0.15) is 47.5 Å². The van der Waals surface area contributed by atoms with Crippen LogP contribution in [0.25, 0.3) is 21.6 Å². The molecule has 0 saturated carbocycles. The van der Waals surface area contributed by atoms with Gasteiger partial charge in [0, 0.05) is 22.5 Å². The van der Waals surface area contributed by atoms with E-state index in [9.17, 15) is 13.6 Å². The molecule has 2 atom stereocenters. The summed E-state index contributed by atoms with van der Waals surface area (Å²) in [5.74, 6) is -1.02. The fourth-order valence-electron chi connectivity index (χ4n) is 4.16. The number of amides is 1. The molecule has 31 heavy (non-hydrogen) atoms. The highest BCUT2D eigenvalue weighted by atomic mass is 32.1. The molecule has 6 heteroatoms. The fourth-order valence-corrected chi connectivity index (χ4v) is 5.28. The molecule has 0 bridgehead atoms. The number of rotatable bonds is 3. The lowest BCUT2D eigenvalue weighted by Gasteiger charge is -2.25. The van der Waals surface area contributed by atoms with Gasteiger partial charge >= 0.3 is 0 Å². The van der Waals surface area contributed by atoms with Crippen molar-refractivity contribution in [3.8, 4) is 27.6 Å². The third-order valence-corrected chi connectivity index (χ3v) is 7.14. The number of likely N-dealkylation sites (tertiary alicyclic amines) is 1. The Morgan fingerprint density at radius 1 is 1.03 bits per heavy atom. The second-order valence-electron chi connectivity index (χ2n) is 8.11. The Balaban J connectivity index is 1.86. The maximum Gasteiger partial charge on any atom is 0.264 e. The number of halogens is 2. The molecular weight excluding hydrogens is 414 g/mol. The minimum atomic E-state index is -0.623. The summed E-state index contributed by atoms with van der Waals surface area (Å²) in [6, 6.07) is 13.2. The van der Waals surface area contributed by atoms with Crippen LogP contribution in [-0.4, -0.2) is 22.9 Å². The number of hydrogen-bond acceptors (Lipinski definition) is 3. The van der Waals surface area contributed by atoms with Gasteiger partial charge in [0.1, 0.15) is 17.7 Å². The van der Waals surface area contributed by atoms with Gasteiger partial charge in [0.15, 0.2) is 0 Å². The highest BCUT2D eigenvalue weighted by Crippen LogP contribution is 2.41. The monoisotopic (exact) mass is 436 g/mol. The number of hydrogen-bond donors (Lipinski definition) is 0. The molecule has 4 rings (SSSR count). The summed E-state index contributed by atoms with van der Waals surface area (Å²) in [5.41, 5.74) is 2.32. The Morgan fingerprint density at radius 2 is 1.68 bits per heavy atom. The van der Waals surface area contributed by atoms with Crippen LogP contribution in [0, 0.1) is 29.9 Å². The Kier molecular flexibility index (Phi) is 5.63. The van der Waals surface area contributed by atoms with Gasteiger partial charge in [-0.05, 0) is 74.6 Å². The molecule has 158 valence electrons. The third kappa shape index (κ3) is 3.86. The van der Waals surface area contributed by atoms with E-state index in [4.69, 9.17) is 5.26 Å². The second-order valence-corrected chi connectivity index (χ2v) is 9.16. The summed E-state index contributed by atoms with van der Waals surface area (Å²) in [5, 5.41) is 9.04. The first-order valence-corrected chi connectivity index (χ1v) is 11.0. The van der Waals surface area contributed by atoms with Gasteiger partial charge in [0.2, 0.25) is 0 Å². The van der Waals surface area contributed by atoms with Crippen molar-refractivity contribution in [3.63, 3.8) is 0 Å². The Labute approximate surface area is 184 Å². The van der Waals surface area contributed by atoms with Crippen LogP contribution in [0.4, 0.5) is 8.78 Å². The Hall–Kier alpha value is -3.04. The lowest BCUT2D eigenvalue weighted by atomic mass is 10.00. The molecule has 1 aliphatic rings. The summed E-state index contributed by atoms with van der Waals surface area (Å²) < 4.78 is 28.7. The van der Waals surface area contributed by atoms with Crippen LogP contribution in [0.15, 0.2) is 42.5 Å². The lowest BCUT2D eigenvalue weighted by Crippen LogP contribution is -2.38. The van der Waals surface area contributed by atoms with E-state index in [0.29, 0.717) is 32.0 Å². The molecule has 1 amide bonds. The zero-order valence-electron chi connectivity index (χ0n) is 17.6. The number of aryl methyl sites for hydroxylation is 1. The van der Waals surface area contributed by atoms with Gasteiger partial charge < -0.3 is 4.90 Å². The number of nitriles is 1. The Bertz CT molecular complexity index is 1200. The highest BCUT2D eigenvalue weighted by Gasteiger charge is 2.33. The van der Waals surface area contributed by atoms with Crippen LogP contribution < -0.4 is 0 Å². The van der Waals surface area contributed by atoms with Crippen molar-refractivity contribution < 1.29 is 13.6 Å². The standard InChI is InChI=1S/C25H22F2N2OS/c1-14-4-7-18(11-21(14)26)24-20(17-8-9-19(13-28)22(27)10-17)12-23(31-24)25(30)29-15(2)5-6-16(29)3/h4,7-12,15-16H,5-6H2,1-3H3. The minimum absolute atomic E-state index is 0.0436. The topological polar surface area (TPSA) is 44.1 Å². The molecule has 1 aromatic heterocycles. The van der Waals surface area contributed by atoms with Crippen molar-refractivity contribution in [2.24, 2.45) is 0 Å². The summed E-state index contributed by atoms with van der Waals surface area (Å²) in [6.45, 7) is 5.78. The normalized spacial score (nSPS) is 18.3. The smallest absolute Gasteiger partial charge is 0.264 e. The molecule has 3 nitrogen and oxygen atoms in total. The molecule has 0 spiro atoms. The van der Waals surface area contributed by atoms with Crippen molar-refractivity contribution in [3.05, 3.63) is 70.1 Å². The predicted octanol–water partition coefficient (Wildman–Crippen LogP) is 6.55. The first kappa shape index (κ1) is 21.2. The second kappa shape index (κ2) is 8.24. The van der Waals surface area contributed by atoms with E-state index in [1.54, 1.807) is 25.1 Å². The number of benzene rings is 2. The Morgan fingerprint density at radius 3 is 2.29 bits per heavy atom. The number of nitrogens with zero attached hydrogens (tertiary/aromatic N) is 2. The quantitative estimate of drug-likeness (QED) is 0.467. The number of thiophene rings is 1. The van der Waals surface area contributed by atoms with Crippen molar-refractivity contribution in [2.75, 3.05) is 0 Å². The molecule has 2 heterocycles. The van der Waals surface area contributed by atoms with Gasteiger partial charge in [-0.15, -0.1) is 11.3 Å². The largest absolute Gasteiger partial charge is 0.333 e. The zero-order chi connectivity index (χ0) is 22.3. The van der Waals surface area contributed by atoms with E-state index in [1.807, 2.05) is 30.9 Å². The average Bonchev–Trinajstić information content (AvgIpc) is 3.33. The third-order valence-electron chi connectivity index (χ3n) is 5.96. The average molecular weight is 437 g/mol. The van der Waals surface area contributed by atoms with Crippen LogP contribution >= 0.6 is 11.3 Å². The van der Waals surface area contributed by atoms with E-state index in [-0.39, 0.29) is 29.4 Å². The van der Waals surface area contributed by atoms with Crippen LogP contribution in [0.2, 0.25) is 0 Å². The summed E-state index contributed by atoms with van der Waals surface area (Å²) in [4.78, 5) is 16.5. The number of carbonyl (C=O) groups is 1. The first-order chi connectivity index (χ1) is 14.8. The van der Waals surface area contributed by atoms with Crippen molar-refractivity contribution in [1.82, 2.24) is 4.90 Å². The van der Waals surface area contributed by atoms with Gasteiger partial charge in [0.25, 0.3) is 5.91 Å². The molecule has 2 unspecified atom stereocenters. The van der Waals surface area contributed by atoms with Gasteiger partial charge in [-0.25, -0.2) is 8.78 Å². The van der Waals surface area contributed by atoms with Crippen LogP contribution in [0.5, 0.6) is 0 Å². The van der Waals surface area contributed by atoms with Crippen LogP contribution in [-0.2, 0) is 0 Å². The van der Waals surface area contributed by atoms with E-state index in [1.165, 1.54) is 29.5 Å². The summed E-state index contributed by atoms with van der Waals surface area (Å²) in [6.07, 6.45) is 1.92. The van der Waals surface area contributed by atoms with E-state index >= 15 is 0 Å². The molecule has 0 radical (unpaired) electrons. The van der Waals surface area contributed by atoms with Crippen molar-refractivity contribution in [2.45, 2.75) is 45.7 Å². The van der Waals surface area contributed by atoms with Gasteiger partial charge in [-0.2, -0.15) is 5.26 Å². The maximum atomic E-state index is 14.3. The molecule has 3 aromatic rings. The molecule has 0 aliphatic carbocycles. The van der Waals surface area contributed by atoms with E-state index in [0.717, 1.165) is 12.8 Å². The van der Waals surface area contributed by atoms with Crippen molar-refractivity contribution in [1.29, 1.82) is 5.26 Å². The fraction of sp³-hybridized carbons (Fsp3) is 0.280. The molecule has 2 aromatic carbocycles. The zero-order valence-corrected chi connectivity index (χ0v) is 18.4. The molecule has 1 fully saturated rings. The van der Waals surface area contributed by atoms with Crippen molar-refractivity contribution >= 4 is 17.2 Å². The highest BCUT2D eigenvalue weighted by molar-refractivity contribution is 7.18. The molecule has 0 N–H and O–H groups in total.